The highest BCUT2D eigenvalue weighted by atomic mass is 16.2. The van der Waals surface area contributed by atoms with E-state index in [1.54, 1.807) is 24.3 Å². The Kier molecular flexibility index (Phi) is 3.65. The minimum absolute atomic E-state index is 0.0619. The summed E-state index contributed by atoms with van der Waals surface area (Å²) in [7, 11) is 0. The maximum atomic E-state index is 12.7. The quantitative estimate of drug-likeness (QED) is 0.912. The van der Waals surface area contributed by atoms with Crippen molar-refractivity contribution >= 4 is 5.91 Å². The Morgan fingerprint density at radius 1 is 1.43 bits per heavy atom. The molecule has 0 spiro atoms. The van der Waals surface area contributed by atoms with Crippen LogP contribution >= 0.6 is 0 Å². The predicted octanol–water partition coefficient (Wildman–Crippen LogP) is 2.04. The highest BCUT2D eigenvalue weighted by Crippen LogP contribution is 2.29. The molecule has 1 aromatic heterocycles. The first-order valence-electron chi connectivity index (χ1n) is 6.96. The monoisotopic (exact) mass is 281 g/mol. The van der Waals surface area contributed by atoms with Crippen molar-refractivity contribution in [3.63, 3.8) is 0 Å². The number of nitrogens with one attached hydrogen (secondary N) is 1. The molecule has 0 unspecified atom stereocenters. The summed E-state index contributed by atoms with van der Waals surface area (Å²) in [6.07, 6.45) is 4.38. The Bertz CT molecular complexity index is 674. The molecule has 2 aromatic rings. The summed E-state index contributed by atoms with van der Waals surface area (Å²) in [6, 6.07) is 8.80. The lowest BCUT2D eigenvalue weighted by Gasteiger charge is -2.34. The molecular weight excluding hydrogens is 266 g/mol. The second-order valence-corrected chi connectivity index (χ2v) is 5.07. The molecule has 1 aliphatic rings. The zero-order valence-corrected chi connectivity index (χ0v) is 11.5. The fourth-order valence-corrected chi connectivity index (χ4v) is 2.72. The van der Waals surface area contributed by atoms with Crippen LogP contribution in [0.3, 0.4) is 0 Å². The average Bonchev–Trinajstić information content (AvgIpc) is 3.08. The second-order valence-electron chi connectivity index (χ2n) is 5.07. The zero-order chi connectivity index (χ0) is 14.7. The van der Waals surface area contributed by atoms with E-state index >= 15 is 0 Å². The molecule has 1 amide bonds. The predicted molar refractivity (Wildman–Crippen MR) is 75.2 cm³/mol. The van der Waals surface area contributed by atoms with Crippen LogP contribution in [0.5, 0.6) is 0 Å². The van der Waals surface area contributed by atoms with E-state index < -0.39 is 0 Å². The highest BCUT2D eigenvalue weighted by Gasteiger charge is 2.30. The van der Waals surface area contributed by atoms with Crippen LogP contribution in [0.25, 0.3) is 0 Å². The van der Waals surface area contributed by atoms with E-state index in [1.165, 1.54) is 6.33 Å². The Morgan fingerprint density at radius 3 is 3.10 bits per heavy atom. The molecule has 1 aromatic carbocycles. The van der Waals surface area contributed by atoms with Gasteiger partial charge in [-0.2, -0.15) is 10.4 Å². The van der Waals surface area contributed by atoms with Gasteiger partial charge in [0.2, 0.25) is 0 Å². The summed E-state index contributed by atoms with van der Waals surface area (Å²) in [5, 5.41) is 15.7. The fraction of sp³-hybridized carbons (Fsp3) is 0.333. The Hall–Kier alpha value is -2.68. The second kappa shape index (κ2) is 5.75. The summed E-state index contributed by atoms with van der Waals surface area (Å²) < 4.78 is 0. The van der Waals surface area contributed by atoms with Gasteiger partial charge >= 0.3 is 0 Å². The summed E-state index contributed by atoms with van der Waals surface area (Å²) in [5.41, 5.74) is 1.04. The Balaban J connectivity index is 1.89. The van der Waals surface area contributed by atoms with Gasteiger partial charge in [0.15, 0.2) is 0 Å². The molecule has 0 radical (unpaired) electrons. The first kappa shape index (κ1) is 13.3. The topological polar surface area (TPSA) is 85.7 Å². The van der Waals surface area contributed by atoms with Crippen molar-refractivity contribution in [2.75, 3.05) is 6.54 Å². The molecule has 6 nitrogen and oxygen atoms in total. The van der Waals surface area contributed by atoms with E-state index in [1.807, 2.05) is 4.90 Å². The van der Waals surface area contributed by atoms with Crippen LogP contribution in [-0.4, -0.2) is 32.5 Å². The number of carbonyl (C=O) groups excluding carboxylic acids is 1. The van der Waals surface area contributed by atoms with Crippen molar-refractivity contribution in [1.82, 2.24) is 20.1 Å². The van der Waals surface area contributed by atoms with Crippen LogP contribution in [0.1, 0.15) is 47.1 Å². The average molecular weight is 281 g/mol. The van der Waals surface area contributed by atoms with Crippen molar-refractivity contribution in [2.45, 2.75) is 25.3 Å². The third-order valence-corrected chi connectivity index (χ3v) is 3.75. The van der Waals surface area contributed by atoms with Crippen LogP contribution in [0, 0.1) is 11.3 Å². The van der Waals surface area contributed by atoms with Gasteiger partial charge in [0.25, 0.3) is 5.91 Å². The number of aromatic amines is 1. The molecule has 6 heteroatoms. The first-order chi connectivity index (χ1) is 10.3. The van der Waals surface area contributed by atoms with Gasteiger partial charge in [-0.1, -0.05) is 6.07 Å². The van der Waals surface area contributed by atoms with E-state index in [0.717, 1.165) is 25.1 Å². The van der Waals surface area contributed by atoms with Crippen molar-refractivity contribution in [2.24, 2.45) is 0 Å². The van der Waals surface area contributed by atoms with Crippen molar-refractivity contribution in [1.29, 1.82) is 5.26 Å². The van der Waals surface area contributed by atoms with E-state index in [9.17, 15) is 4.79 Å². The van der Waals surface area contributed by atoms with E-state index in [4.69, 9.17) is 5.26 Å². The molecule has 2 heterocycles. The number of rotatable bonds is 2. The van der Waals surface area contributed by atoms with Gasteiger partial charge in [-0.15, -0.1) is 0 Å². The lowest BCUT2D eigenvalue weighted by Crippen LogP contribution is -2.39. The standard InChI is InChI=1S/C15H15N5O/c16-9-11-4-3-5-12(8-11)15(21)20-7-2-1-6-13(20)14-17-10-18-19-14/h3-5,8,10,13H,1-2,6-7H2,(H,17,18,19)/t13-/m1/s1. The summed E-state index contributed by atoms with van der Waals surface area (Å²) >= 11 is 0. The zero-order valence-electron chi connectivity index (χ0n) is 11.5. The van der Waals surface area contributed by atoms with Crippen molar-refractivity contribution < 1.29 is 4.79 Å². The molecule has 1 N–H and O–H groups in total. The smallest absolute Gasteiger partial charge is 0.254 e. The van der Waals surface area contributed by atoms with E-state index in [2.05, 4.69) is 21.3 Å². The molecule has 0 aliphatic carbocycles. The van der Waals surface area contributed by atoms with Crippen molar-refractivity contribution in [3.05, 3.63) is 47.5 Å². The van der Waals surface area contributed by atoms with Crippen LogP contribution < -0.4 is 0 Å². The van der Waals surface area contributed by atoms with Gasteiger partial charge in [-0.3, -0.25) is 9.89 Å². The molecule has 1 saturated heterocycles. The van der Waals surface area contributed by atoms with E-state index in [-0.39, 0.29) is 11.9 Å². The Labute approximate surface area is 122 Å². The third-order valence-electron chi connectivity index (χ3n) is 3.75. The lowest BCUT2D eigenvalue weighted by atomic mass is 10.00. The van der Waals surface area contributed by atoms with Gasteiger partial charge in [0.1, 0.15) is 12.2 Å². The largest absolute Gasteiger partial charge is 0.328 e. The SMILES string of the molecule is N#Cc1cccc(C(=O)N2CCCC[C@@H]2c2ncn[nH]2)c1. The number of piperidine rings is 1. The maximum Gasteiger partial charge on any atom is 0.254 e. The number of benzene rings is 1. The lowest BCUT2D eigenvalue weighted by molar-refractivity contribution is 0.0600. The summed E-state index contributed by atoms with van der Waals surface area (Å²) in [6.45, 7) is 0.695. The van der Waals surface area contributed by atoms with Gasteiger partial charge in [-0.05, 0) is 37.5 Å². The van der Waals surface area contributed by atoms with Gasteiger partial charge in [0, 0.05) is 12.1 Å². The number of nitriles is 1. The minimum Gasteiger partial charge on any atom is -0.328 e. The molecule has 1 aliphatic heterocycles. The number of hydrogen-bond donors (Lipinski definition) is 1. The van der Waals surface area contributed by atoms with Crippen LogP contribution in [0.15, 0.2) is 30.6 Å². The number of nitrogens with zero attached hydrogens (tertiary/aromatic N) is 4. The minimum atomic E-state index is -0.0699. The number of carbonyl (C=O) groups is 1. The van der Waals surface area contributed by atoms with Crippen molar-refractivity contribution in [3.8, 4) is 6.07 Å². The number of aromatic nitrogens is 3. The molecule has 1 atom stereocenters. The Morgan fingerprint density at radius 2 is 2.33 bits per heavy atom. The molecule has 21 heavy (non-hydrogen) atoms. The molecule has 3 rings (SSSR count). The molecule has 106 valence electrons. The number of likely N-dealkylation sites (tertiary alicyclic amines) is 1. The number of hydrogen-bond acceptors (Lipinski definition) is 4. The summed E-state index contributed by atoms with van der Waals surface area (Å²) in [4.78, 5) is 18.7. The molecular formula is C15H15N5O. The summed E-state index contributed by atoms with van der Waals surface area (Å²) in [5.74, 6) is 0.660. The van der Waals surface area contributed by atoms with Gasteiger partial charge in [-0.25, -0.2) is 4.98 Å². The van der Waals surface area contributed by atoms with Gasteiger partial charge in [0.05, 0.1) is 17.7 Å². The van der Waals surface area contributed by atoms with E-state index in [0.29, 0.717) is 17.7 Å². The third kappa shape index (κ3) is 2.63. The van der Waals surface area contributed by atoms with Crippen LogP contribution in [-0.2, 0) is 0 Å². The highest BCUT2D eigenvalue weighted by molar-refractivity contribution is 5.94. The van der Waals surface area contributed by atoms with Crippen LogP contribution in [0.4, 0.5) is 0 Å². The first-order valence-corrected chi connectivity index (χ1v) is 6.96. The number of H-pyrrole nitrogens is 1. The van der Waals surface area contributed by atoms with Gasteiger partial charge < -0.3 is 4.90 Å². The maximum absolute atomic E-state index is 12.7. The molecule has 0 bridgehead atoms. The molecule has 1 fully saturated rings. The normalized spacial score (nSPS) is 18.2. The van der Waals surface area contributed by atoms with Crippen LogP contribution in [0.2, 0.25) is 0 Å². The number of amides is 1. The fourth-order valence-electron chi connectivity index (χ4n) is 2.72. The molecule has 0 saturated carbocycles.